The molecule has 0 spiro atoms. The number of nitrogens with one attached hydrogen (secondary N) is 1. The van der Waals surface area contributed by atoms with E-state index in [-0.39, 0.29) is 11.7 Å². The van der Waals surface area contributed by atoms with Crippen LogP contribution in [-0.2, 0) is 17.8 Å². The number of anilines is 1. The summed E-state index contributed by atoms with van der Waals surface area (Å²) >= 11 is 1.64. The molecule has 0 bridgehead atoms. The molecular formula is C21H20F2N4OS2. The molecule has 1 N–H and O–H groups in total. The summed E-state index contributed by atoms with van der Waals surface area (Å²) in [7, 11) is 0. The summed E-state index contributed by atoms with van der Waals surface area (Å²) in [6.07, 6.45) is 2.37. The molecule has 0 aliphatic carbocycles. The average Bonchev–Trinajstić information content (AvgIpc) is 3.10. The van der Waals surface area contributed by atoms with E-state index in [0.717, 1.165) is 11.4 Å². The van der Waals surface area contributed by atoms with E-state index in [1.54, 1.807) is 30.3 Å². The molecule has 0 aliphatic rings. The van der Waals surface area contributed by atoms with Crippen LogP contribution in [0.2, 0.25) is 0 Å². The van der Waals surface area contributed by atoms with Crippen molar-refractivity contribution < 1.29 is 13.6 Å². The summed E-state index contributed by atoms with van der Waals surface area (Å²) in [5, 5.41) is 11.8. The number of carbonyl (C=O) groups is 1. The zero-order valence-electron chi connectivity index (χ0n) is 16.0. The summed E-state index contributed by atoms with van der Waals surface area (Å²) in [6.45, 7) is 4.30. The topological polar surface area (TPSA) is 59.8 Å². The van der Waals surface area contributed by atoms with E-state index < -0.39 is 5.76 Å². The normalized spacial score (nSPS) is 10.9. The first-order valence-electron chi connectivity index (χ1n) is 9.10. The van der Waals surface area contributed by atoms with E-state index in [0.29, 0.717) is 40.5 Å². The lowest BCUT2D eigenvalue weighted by Gasteiger charge is -2.11. The Balaban J connectivity index is 1.65. The molecule has 0 radical (unpaired) electrons. The van der Waals surface area contributed by atoms with Crippen LogP contribution in [-0.4, -0.2) is 32.2 Å². The fraction of sp³-hybridized carbons (Fsp3) is 0.190. The molecule has 0 aliphatic heterocycles. The number of hydrogen-bond donors (Lipinski definition) is 1. The molecule has 5 nitrogen and oxygen atoms in total. The molecule has 156 valence electrons. The molecule has 0 atom stereocenters. The van der Waals surface area contributed by atoms with Gasteiger partial charge in [0.15, 0.2) is 5.16 Å². The molecule has 30 heavy (non-hydrogen) atoms. The molecule has 0 saturated carbocycles. The van der Waals surface area contributed by atoms with E-state index in [9.17, 15) is 13.6 Å². The highest BCUT2D eigenvalue weighted by Crippen LogP contribution is 2.31. The van der Waals surface area contributed by atoms with Crippen LogP contribution >= 0.6 is 23.5 Å². The van der Waals surface area contributed by atoms with Gasteiger partial charge >= 0.3 is 0 Å². The summed E-state index contributed by atoms with van der Waals surface area (Å²) in [6, 6.07) is 16.4. The largest absolute Gasteiger partial charge is 0.324 e. The number of allylic oxidation sites excluding steroid dienone is 1. The lowest BCUT2D eigenvalue weighted by Crippen LogP contribution is -2.15. The molecule has 1 heterocycles. The third-order valence-corrected chi connectivity index (χ3v) is 5.77. The van der Waals surface area contributed by atoms with Crippen LogP contribution in [0.5, 0.6) is 0 Å². The number of amides is 1. The van der Waals surface area contributed by atoms with Gasteiger partial charge in [0, 0.05) is 17.9 Å². The third kappa shape index (κ3) is 6.17. The smallest absolute Gasteiger partial charge is 0.288 e. The summed E-state index contributed by atoms with van der Waals surface area (Å²) < 4.78 is 27.3. The fourth-order valence-electron chi connectivity index (χ4n) is 2.73. The van der Waals surface area contributed by atoms with E-state index in [1.807, 2.05) is 34.9 Å². The minimum Gasteiger partial charge on any atom is -0.324 e. The summed E-state index contributed by atoms with van der Waals surface area (Å²) in [5.41, 5.74) is 1.48. The Morgan fingerprint density at radius 2 is 1.87 bits per heavy atom. The van der Waals surface area contributed by atoms with Crippen LogP contribution in [0, 0.1) is 0 Å². The van der Waals surface area contributed by atoms with Crippen molar-refractivity contribution in [3.8, 4) is 0 Å². The second kappa shape index (κ2) is 10.9. The van der Waals surface area contributed by atoms with Gasteiger partial charge < -0.3 is 9.88 Å². The Morgan fingerprint density at radius 3 is 2.60 bits per heavy atom. The zero-order chi connectivity index (χ0) is 21.3. The van der Waals surface area contributed by atoms with Crippen molar-refractivity contribution in [3.05, 3.63) is 78.6 Å². The summed E-state index contributed by atoms with van der Waals surface area (Å²) in [4.78, 5) is 12.7. The molecule has 9 heteroatoms. The van der Waals surface area contributed by atoms with Gasteiger partial charge in [-0.3, -0.25) is 4.79 Å². The first-order valence-corrected chi connectivity index (χ1v) is 11.0. The number of aromatic nitrogens is 3. The molecular weight excluding hydrogens is 426 g/mol. The number of benzene rings is 2. The van der Waals surface area contributed by atoms with Gasteiger partial charge in [-0.05, 0) is 17.7 Å². The van der Waals surface area contributed by atoms with Gasteiger partial charge in [0.05, 0.1) is 11.4 Å². The molecule has 3 rings (SSSR count). The highest BCUT2D eigenvalue weighted by molar-refractivity contribution is 8.00. The lowest BCUT2D eigenvalue weighted by molar-refractivity contribution is -0.113. The van der Waals surface area contributed by atoms with Gasteiger partial charge in [0.25, 0.3) is 5.76 Å². The minimum atomic E-state index is -2.56. The van der Waals surface area contributed by atoms with Crippen molar-refractivity contribution in [2.45, 2.75) is 28.8 Å². The first-order chi connectivity index (χ1) is 14.6. The van der Waals surface area contributed by atoms with Gasteiger partial charge in [0.2, 0.25) is 5.91 Å². The Labute approximate surface area is 182 Å². The Morgan fingerprint density at radius 1 is 1.13 bits per heavy atom. The van der Waals surface area contributed by atoms with E-state index in [1.165, 1.54) is 11.8 Å². The highest BCUT2D eigenvalue weighted by Gasteiger charge is 2.15. The SMILES string of the molecule is C=CCn1c(Cc2ccccc2)nnc1SCC(=O)Nc1ccccc1SC(F)F. The monoisotopic (exact) mass is 446 g/mol. The van der Waals surface area contributed by atoms with E-state index >= 15 is 0 Å². The first kappa shape index (κ1) is 22.0. The van der Waals surface area contributed by atoms with Gasteiger partial charge in [-0.25, -0.2) is 0 Å². The maximum atomic E-state index is 12.7. The number of para-hydroxylation sites is 1. The standard InChI is InChI=1S/C21H20F2N4OS2/c1-2-12-27-18(13-15-8-4-3-5-9-15)25-26-21(27)29-14-19(28)24-16-10-6-7-11-17(16)30-20(22)23/h2-11,20H,1,12-14H2,(H,24,28). The molecule has 3 aromatic rings. The van der Waals surface area contributed by atoms with Crippen LogP contribution in [0.4, 0.5) is 14.5 Å². The van der Waals surface area contributed by atoms with Crippen LogP contribution in [0.15, 0.2) is 77.3 Å². The number of alkyl halides is 2. The van der Waals surface area contributed by atoms with Crippen molar-refractivity contribution >= 4 is 35.1 Å². The van der Waals surface area contributed by atoms with Crippen molar-refractivity contribution in [2.24, 2.45) is 0 Å². The Kier molecular flexibility index (Phi) is 8.04. The maximum absolute atomic E-state index is 12.7. The van der Waals surface area contributed by atoms with E-state index in [2.05, 4.69) is 22.1 Å². The number of carbonyl (C=O) groups excluding carboxylic acids is 1. The predicted molar refractivity (Wildman–Crippen MR) is 117 cm³/mol. The lowest BCUT2D eigenvalue weighted by atomic mass is 10.1. The second-order valence-electron chi connectivity index (χ2n) is 6.17. The third-order valence-electron chi connectivity index (χ3n) is 4.02. The average molecular weight is 447 g/mol. The molecule has 0 saturated heterocycles. The number of nitrogens with zero attached hydrogens (tertiary/aromatic N) is 3. The predicted octanol–water partition coefficient (Wildman–Crippen LogP) is 5.10. The molecule has 1 amide bonds. The van der Waals surface area contributed by atoms with Crippen LogP contribution in [0.3, 0.4) is 0 Å². The van der Waals surface area contributed by atoms with E-state index in [4.69, 9.17) is 0 Å². The molecule has 0 fully saturated rings. The van der Waals surface area contributed by atoms with Gasteiger partial charge in [-0.15, -0.1) is 16.8 Å². The number of hydrogen-bond acceptors (Lipinski definition) is 5. The van der Waals surface area contributed by atoms with Crippen molar-refractivity contribution in [2.75, 3.05) is 11.1 Å². The number of halogens is 2. The van der Waals surface area contributed by atoms with Crippen LogP contribution in [0.1, 0.15) is 11.4 Å². The second-order valence-corrected chi connectivity index (χ2v) is 8.15. The van der Waals surface area contributed by atoms with Crippen molar-refractivity contribution in [1.82, 2.24) is 14.8 Å². The fourth-order valence-corrected chi connectivity index (χ4v) is 4.09. The summed E-state index contributed by atoms with van der Waals surface area (Å²) in [5.74, 6) is -2.01. The van der Waals surface area contributed by atoms with Gasteiger partial charge in [0.1, 0.15) is 5.82 Å². The maximum Gasteiger partial charge on any atom is 0.288 e. The Bertz CT molecular complexity index is 996. The van der Waals surface area contributed by atoms with Crippen molar-refractivity contribution in [3.63, 3.8) is 0 Å². The number of rotatable bonds is 10. The highest BCUT2D eigenvalue weighted by atomic mass is 32.2. The minimum absolute atomic E-state index is 0.0777. The van der Waals surface area contributed by atoms with Gasteiger partial charge in [-0.2, -0.15) is 8.78 Å². The molecule has 0 unspecified atom stereocenters. The van der Waals surface area contributed by atoms with Gasteiger partial charge in [-0.1, -0.05) is 72.1 Å². The number of thioether (sulfide) groups is 2. The van der Waals surface area contributed by atoms with Crippen LogP contribution < -0.4 is 5.32 Å². The van der Waals surface area contributed by atoms with Crippen LogP contribution in [0.25, 0.3) is 0 Å². The quantitative estimate of drug-likeness (QED) is 0.347. The zero-order valence-corrected chi connectivity index (χ0v) is 17.6. The molecule has 2 aromatic carbocycles. The Hall–Kier alpha value is -2.65. The molecule has 1 aromatic heterocycles. The van der Waals surface area contributed by atoms with Crippen molar-refractivity contribution in [1.29, 1.82) is 0 Å².